The molecular weight excluding hydrogens is 347 g/mol. The predicted molar refractivity (Wildman–Crippen MR) is 97.1 cm³/mol. The average molecular weight is 368 g/mol. The third-order valence-electron chi connectivity index (χ3n) is 4.93. The van der Waals surface area contributed by atoms with Gasteiger partial charge in [0.15, 0.2) is 0 Å². The van der Waals surface area contributed by atoms with Crippen molar-refractivity contribution in [1.29, 1.82) is 0 Å². The summed E-state index contributed by atoms with van der Waals surface area (Å²) in [6.07, 6.45) is 1.16. The zero-order valence-electron chi connectivity index (χ0n) is 15.5. The lowest BCUT2D eigenvalue weighted by Gasteiger charge is -2.13. The van der Waals surface area contributed by atoms with Gasteiger partial charge in [-0.05, 0) is 55.7 Å². The molecule has 0 aliphatic heterocycles. The molecule has 2 heterocycles. The van der Waals surface area contributed by atoms with E-state index in [0.29, 0.717) is 29.9 Å². The number of carbonyl (C=O) groups excluding carboxylic acids is 1. The third kappa shape index (κ3) is 3.49. The van der Waals surface area contributed by atoms with E-state index in [1.165, 1.54) is 21.7 Å². The first kappa shape index (κ1) is 17.5. The maximum Gasteiger partial charge on any atom is 0.293 e. The van der Waals surface area contributed by atoms with Crippen molar-refractivity contribution in [2.45, 2.75) is 32.7 Å². The molecule has 27 heavy (non-hydrogen) atoms. The van der Waals surface area contributed by atoms with Gasteiger partial charge in [-0.3, -0.25) is 4.79 Å². The maximum atomic E-state index is 13.1. The van der Waals surface area contributed by atoms with E-state index < -0.39 is 0 Å². The van der Waals surface area contributed by atoms with Crippen molar-refractivity contribution in [1.82, 2.24) is 19.7 Å². The number of carbonyl (C=O) groups is 1. The van der Waals surface area contributed by atoms with Crippen molar-refractivity contribution in [2.75, 3.05) is 7.05 Å². The van der Waals surface area contributed by atoms with Crippen LogP contribution < -0.4 is 0 Å². The van der Waals surface area contributed by atoms with Gasteiger partial charge in [-0.2, -0.15) is 0 Å². The number of rotatable bonds is 5. The molecule has 4 rings (SSSR count). The summed E-state index contributed by atoms with van der Waals surface area (Å²) < 4.78 is 20.5. The molecule has 0 unspecified atom stereocenters. The van der Waals surface area contributed by atoms with E-state index in [1.807, 2.05) is 12.1 Å². The van der Waals surface area contributed by atoms with Crippen molar-refractivity contribution in [3.63, 3.8) is 0 Å². The summed E-state index contributed by atoms with van der Waals surface area (Å²) in [5.41, 5.74) is 0.650. The van der Waals surface area contributed by atoms with Crippen molar-refractivity contribution in [3.8, 4) is 5.69 Å². The minimum absolute atomic E-state index is 0.0990. The molecule has 1 aromatic carbocycles. The number of aryl methyl sites for hydroxylation is 1. The molecular formula is C20H21FN4O2. The molecule has 2 atom stereocenters. The normalized spacial score (nSPS) is 18.5. The lowest BCUT2D eigenvalue weighted by Crippen LogP contribution is -2.27. The summed E-state index contributed by atoms with van der Waals surface area (Å²) in [5.74, 6) is 2.95. The van der Waals surface area contributed by atoms with E-state index in [0.717, 1.165) is 17.9 Å². The van der Waals surface area contributed by atoms with Crippen molar-refractivity contribution in [3.05, 3.63) is 65.4 Å². The van der Waals surface area contributed by atoms with Gasteiger partial charge in [0, 0.05) is 13.0 Å². The molecule has 0 N–H and O–H groups in total. The maximum absolute atomic E-state index is 13.1. The molecule has 0 spiro atoms. The first-order valence-corrected chi connectivity index (χ1v) is 8.96. The van der Waals surface area contributed by atoms with Crippen molar-refractivity contribution < 1.29 is 13.6 Å². The summed E-state index contributed by atoms with van der Waals surface area (Å²) in [6.45, 7) is 4.31. The van der Waals surface area contributed by atoms with Gasteiger partial charge in [0.1, 0.15) is 23.2 Å². The van der Waals surface area contributed by atoms with Crippen LogP contribution in [0.5, 0.6) is 0 Å². The van der Waals surface area contributed by atoms with Gasteiger partial charge in [-0.1, -0.05) is 6.92 Å². The standard InChI is InChI=1S/C20H21FN4O2/c1-12-10-17(12)18-9-8-16(27-18)11-24(3)20(26)19-22-13(2)25(23-19)15-6-4-14(21)5-7-15/h4-9,12,17H,10-11H2,1-3H3/t12-,17-/m0/s1. The fourth-order valence-electron chi connectivity index (χ4n) is 3.18. The van der Waals surface area contributed by atoms with E-state index in [-0.39, 0.29) is 17.5 Å². The van der Waals surface area contributed by atoms with Crippen LogP contribution in [0.3, 0.4) is 0 Å². The van der Waals surface area contributed by atoms with Crippen LogP contribution in [-0.2, 0) is 6.54 Å². The molecule has 0 radical (unpaired) electrons. The lowest BCUT2D eigenvalue weighted by molar-refractivity contribution is 0.0762. The van der Waals surface area contributed by atoms with Crippen LogP contribution in [0.2, 0.25) is 0 Å². The molecule has 7 heteroatoms. The van der Waals surface area contributed by atoms with Crippen molar-refractivity contribution >= 4 is 5.91 Å². The second kappa shape index (κ2) is 6.64. The van der Waals surface area contributed by atoms with Gasteiger partial charge in [0.2, 0.25) is 5.82 Å². The van der Waals surface area contributed by atoms with Crippen LogP contribution in [0.1, 0.15) is 47.2 Å². The molecule has 0 saturated heterocycles. The van der Waals surface area contributed by atoms with E-state index in [4.69, 9.17) is 4.42 Å². The van der Waals surface area contributed by atoms with E-state index in [1.54, 1.807) is 26.1 Å². The number of aromatic nitrogens is 3. The van der Waals surface area contributed by atoms with Crippen LogP contribution >= 0.6 is 0 Å². The second-order valence-corrected chi connectivity index (χ2v) is 7.16. The van der Waals surface area contributed by atoms with E-state index in [9.17, 15) is 9.18 Å². The van der Waals surface area contributed by atoms with Crippen LogP contribution in [0.25, 0.3) is 5.69 Å². The zero-order valence-corrected chi connectivity index (χ0v) is 15.5. The molecule has 1 aliphatic rings. The molecule has 1 saturated carbocycles. The number of benzene rings is 1. The third-order valence-corrected chi connectivity index (χ3v) is 4.93. The first-order valence-electron chi connectivity index (χ1n) is 8.96. The SMILES string of the molecule is Cc1nc(C(=O)N(C)Cc2ccc([C@H]3C[C@@H]3C)o2)nn1-c1ccc(F)cc1. The quantitative estimate of drug-likeness (QED) is 0.689. The van der Waals surface area contributed by atoms with Gasteiger partial charge in [0.25, 0.3) is 5.91 Å². The Hall–Kier alpha value is -2.96. The first-order chi connectivity index (χ1) is 12.9. The Kier molecular flexibility index (Phi) is 4.30. The summed E-state index contributed by atoms with van der Waals surface area (Å²) in [4.78, 5) is 18.5. The number of amides is 1. The number of furan rings is 1. The molecule has 6 nitrogen and oxygen atoms in total. The van der Waals surface area contributed by atoms with Gasteiger partial charge >= 0.3 is 0 Å². The molecule has 140 valence electrons. The van der Waals surface area contributed by atoms with E-state index in [2.05, 4.69) is 17.0 Å². The highest BCUT2D eigenvalue weighted by atomic mass is 19.1. The van der Waals surface area contributed by atoms with Gasteiger partial charge in [0.05, 0.1) is 12.2 Å². The van der Waals surface area contributed by atoms with Gasteiger partial charge in [-0.25, -0.2) is 14.1 Å². The van der Waals surface area contributed by atoms with E-state index >= 15 is 0 Å². The Bertz CT molecular complexity index is 976. The highest BCUT2D eigenvalue weighted by molar-refractivity contribution is 5.90. The Balaban J connectivity index is 1.48. The minimum atomic E-state index is -0.328. The smallest absolute Gasteiger partial charge is 0.293 e. The summed E-state index contributed by atoms with van der Waals surface area (Å²) in [5, 5.41) is 4.29. The van der Waals surface area contributed by atoms with Crippen molar-refractivity contribution in [2.24, 2.45) is 5.92 Å². The Morgan fingerprint density at radius 3 is 2.67 bits per heavy atom. The molecule has 1 aliphatic carbocycles. The van der Waals surface area contributed by atoms with Gasteiger partial charge in [-0.15, -0.1) is 5.10 Å². The topological polar surface area (TPSA) is 64.2 Å². The molecule has 2 aromatic heterocycles. The Morgan fingerprint density at radius 2 is 2.00 bits per heavy atom. The second-order valence-electron chi connectivity index (χ2n) is 7.16. The summed E-state index contributed by atoms with van der Waals surface area (Å²) in [6, 6.07) is 9.79. The highest BCUT2D eigenvalue weighted by Crippen LogP contribution is 2.47. The highest BCUT2D eigenvalue weighted by Gasteiger charge is 2.36. The number of hydrogen-bond donors (Lipinski definition) is 0. The van der Waals surface area contributed by atoms with Crippen LogP contribution in [0.15, 0.2) is 40.8 Å². The molecule has 1 amide bonds. The summed E-state index contributed by atoms with van der Waals surface area (Å²) in [7, 11) is 1.69. The van der Waals surface area contributed by atoms with Crippen LogP contribution in [0.4, 0.5) is 4.39 Å². The van der Waals surface area contributed by atoms with Gasteiger partial charge < -0.3 is 9.32 Å². The zero-order chi connectivity index (χ0) is 19.1. The number of nitrogens with zero attached hydrogens (tertiary/aromatic N) is 4. The monoisotopic (exact) mass is 368 g/mol. The Labute approximate surface area is 156 Å². The number of hydrogen-bond acceptors (Lipinski definition) is 4. The molecule has 1 fully saturated rings. The largest absolute Gasteiger partial charge is 0.464 e. The summed E-state index contributed by atoms with van der Waals surface area (Å²) >= 11 is 0. The minimum Gasteiger partial charge on any atom is -0.464 e. The lowest BCUT2D eigenvalue weighted by atomic mass is 10.3. The van der Waals surface area contributed by atoms with Crippen LogP contribution in [0, 0.1) is 18.7 Å². The molecule has 3 aromatic rings. The predicted octanol–water partition coefficient (Wildman–Crippen LogP) is 3.70. The molecule has 0 bridgehead atoms. The fraction of sp³-hybridized carbons (Fsp3) is 0.350. The fourth-order valence-corrected chi connectivity index (χ4v) is 3.18. The number of halogens is 1. The Morgan fingerprint density at radius 1 is 1.30 bits per heavy atom. The average Bonchev–Trinajstić information content (AvgIpc) is 3.04. The van der Waals surface area contributed by atoms with Crippen LogP contribution in [-0.4, -0.2) is 32.6 Å².